The molecule has 4 aromatic rings. The minimum atomic E-state index is -3.32. The molecule has 216 valence electrons. The molecule has 0 saturated heterocycles. The van der Waals surface area contributed by atoms with E-state index in [2.05, 4.69) is 6.92 Å². The van der Waals surface area contributed by atoms with Crippen molar-refractivity contribution in [3.05, 3.63) is 78.9 Å². The molecule has 0 amide bonds. The van der Waals surface area contributed by atoms with Crippen LogP contribution in [0.25, 0.3) is 21.9 Å². The van der Waals surface area contributed by atoms with E-state index in [0.717, 1.165) is 40.5 Å². The van der Waals surface area contributed by atoms with Crippen LogP contribution in [0.2, 0.25) is 0 Å². The van der Waals surface area contributed by atoms with Crippen molar-refractivity contribution in [3.8, 4) is 34.1 Å². The van der Waals surface area contributed by atoms with Gasteiger partial charge >= 0.3 is 5.97 Å². The van der Waals surface area contributed by atoms with Crippen molar-refractivity contribution in [1.82, 2.24) is 0 Å². The Morgan fingerprint density at radius 2 is 1.46 bits per heavy atom. The van der Waals surface area contributed by atoms with Crippen LogP contribution in [-0.2, 0) is 19.4 Å². The maximum Gasteiger partial charge on any atom is 0.344 e. The average molecular weight is 577 g/mol. The molecule has 7 nitrogen and oxygen atoms in total. The molecule has 0 fully saturated rings. The minimum absolute atomic E-state index is 0.197. The van der Waals surface area contributed by atoms with Gasteiger partial charge in [0.25, 0.3) is 0 Å². The molecule has 0 aliphatic carbocycles. The fourth-order valence-electron chi connectivity index (χ4n) is 4.16. The smallest absolute Gasteiger partial charge is 0.344 e. The molecule has 0 spiro atoms. The van der Waals surface area contributed by atoms with Crippen molar-refractivity contribution >= 4 is 26.6 Å². The number of sulfone groups is 1. The van der Waals surface area contributed by atoms with Gasteiger partial charge in [0, 0.05) is 17.2 Å². The standard InChI is InChI=1S/C33H36O7S/c1-6-7-20-37-27-15-19-30-24(21-27)10-18-29(23-8-16-28(17-9-23)41(5,35)36)32(30)39-26-13-11-25(12-14-26)38-22-31(34)40-33(2,3)4/h8-19,21H,6-7,20,22H2,1-5H3. The topological polar surface area (TPSA) is 88.1 Å². The second kappa shape index (κ2) is 12.6. The molecule has 41 heavy (non-hydrogen) atoms. The number of fused-ring (bicyclic) bond motifs is 1. The van der Waals surface area contributed by atoms with Crippen LogP contribution in [-0.4, -0.2) is 39.5 Å². The molecule has 4 aromatic carbocycles. The predicted molar refractivity (Wildman–Crippen MR) is 161 cm³/mol. The predicted octanol–water partition coefficient (Wildman–Crippen LogP) is 7.60. The lowest BCUT2D eigenvalue weighted by Gasteiger charge is -2.19. The first-order valence-electron chi connectivity index (χ1n) is 13.6. The van der Waals surface area contributed by atoms with Crippen LogP contribution in [0.1, 0.15) is 40.5 Å². The summed E-state index contributed by atoms with van der Waals surface area (Å²) in [5, 5.41) is 1.82. The van der Waals surface area contributed by atoms with Crippen molar-refractivity contribution in [3.63, 3.8) is 0 Å². The van der Waals surface area contributed by atoms with E-state index in [9.17, 15) is 13.2 Å². The third-order valence-electron chi connectivity index (χ3n) is 6.12. The Morgan fingerprint density at radius 3 is 2.10 bits per heavy atom. The van der Waals surface area contributed by atoms with E-state index in [1.165, 1.54) is 6.26 Å². The number of unbranched alkanes of at least 4 members (excludes halogenated alkanes) is 1. The largest absolute Gasteiger partial charge is 0.494 e. The summed E-state index contributed by atoms with van der Waals surface area (Å²) < 4.78 is 47.2. The van der Waals surface area contributed by atoms with E-state index < -0.39 is 21.4 Å². The number of carbonyl (C=O) groups is 1. The number of carbonyl (C=O) groups excluding carboxylic acids is 1. The summed E-state index contributed by atoms with van der Waals surface area (Å²) in [6.45, 7) is 7.99. The van der Waals surface area contributed by atoms with Crippen LogP contribution in [0.15, 0.2) is 83.8 Å². The molecule has 0 aromatic heterocycles. The zero-order valence-electron chi connectivity index (χ0n) is 24.1. The molecule has 8 heteroatoms. The molecule has 0 heterocycles. The molecular weight excluding hydrogens is 540 g/mol. The van der Waals surface area contributed by atoms with E-state index in [1.54, 1.807) is 69.3 Å². The molecule has 0 atom stereocenters. The Kier molecular flexibility index (Phi) is 9.23. The highest BCUT2D eigenvalue weighted by Gasteiger charge is 2.17. The van der Waals surface area contributed by atoms with Crippen LogP contribution in [0.5, 0.6) is 23.0 Å². The van der Waals surface area contributed by atoms with Crippen LogP contribution in [0, 0.1) is 0 Å². The first kappa shape index (κ1) is 29.9. The van der Waals surface area contributed by atoms with Gasteiger partial charge in [-0.25, -0.2) is 13.2 Å². The SMILES string of the molecule is CCCCOc1ccc2c(Oc3ccc(OCC(=O)OC(C)(C)C)cc3)c(-c3ccc(S(C)(=O)=O)cc3)ccc2c1. The summed E-state index contributed by atoms with van der Waals surface area (Å²) in [5.41, 5.74) is 1.04. The van der Waals surface area contributed by atoms with Gasteiger partial charge in [0.15, 0.2) is 16.4 Å². The summed E-state index contributed by atoms with van der Waals surface area (Å²) in [6, 6.07) is 23.6. The zero-order valence-corrected chi connectivity index (χ0v) is 24.9. The van der Waals surface area contributed by atoms with Gasteiger partial charge in [0.2, 0.25) is 0 Å². The second-order valence-corrected chi connectivity index (χ2v) is 12.8. The number of esters is 1. The fraction of sp³-hybridized carbons (Fsp3) is 0.303. The quantitative estimate of drug-likeness (QED) is 0.134. The molecule has 0 N–H and O–H groups in total. The third-order valence-corrected chi connectivity index (χ3v) is 7.25. The zero-order chi connectivity index (χ0) is 29.6. The molecule has 0 bridgehead atoms. The number of rotatable bonds is 11. The van der Waals surface area contributed by atoms with E-state index >= 15 is 0 Å². The lowest BCUT2D eigenvalue weighted by molar-refractivity contribution is -0.157. The Hall–Kier alpha value is -4.04. The van der Waals surface area contributed by atoms with Gasteiger partial charge in [0.1, 0.15) is 28.6 Å². The highest BCUT2D eigenvalue weighted by molar-refractivity contribution is 7.90. The van der Waals surface area contributed by atoms with Crippen LogP contribution >= 0.6 is 0 Å². The highest BCUT2D eigenvalue weighted by Crippen LogP contribution is 2.41. The van der Waals surface area contributed by atoms with Gasteiger partial charge < -0.3 is 18.9 Å². The Balaban J connectivity index is 1.64. The molecule has 4 rings (SSSR count). The third kappa shape index (κ3) is 8.24. The fourth-order valence-corrected chi connectivity index (χ4v) is 4.79. The molecule has 0 radical (unpaired) electrons. The summed E-state index contributed by atoms with van der Waals surface area (Å²) >= 11 is 0. The van der Waals surface area contributed by atoms with Crippen molar-refractivity contribution in [2.75, 3.05) is 19.5 Å². The second-order valence-electron chi connectivity index (χ2n) is 10.8. The number of hydrogen-bond acceptors (Lipinski definition) is 7. The molecule has 0 saturated carbocycles. The van der Waals surface area contributed by atoms with Crippen molar-refractivity contribution in [2.24, 2.45) is 0 Å². The van der Waals surface area contributed by atoms with Crippen molar-refractivity contribution < 1.29 is 32.2 Å². The van der Waals surface area contributed by atoms with Crippen LogP contribution in [0.3, 0.4) is 0 Å². The summed E-state index contributed by atoms with van der Waals surface area (Å²) in [6.07, 6.45) is 3.22. The lowest BCUT2D eigenvalue weighted by atomic mass is 9.99. The van der Waals surface area contributed by atoms with Gasteiger partial charge in [-0.15, -0.1) is 0 Å². The Labute approximate surface area is 241 Å². The van der Waals surface area contributed by atoms with E-state index in [4.69, 9.17) is 18.9 Å². The van der Waals surface area contributed by atoms with E-state index in [-0.39, 0.29) is 11.5 Å². The number of ether oxygens (including phenoxy) is 4. The van der Waals surface area contributed by atoms with Gasteiger partial charge in [0.05, 0.1) is 11.5 Å². The normalized spacial score (nSPS) is 11.7. The first-order valence-corrected chi connectivity index (χ1v) is 15.4. The Morgan fingerprint density at radius 1 is 0.805 bits per heavy atom. The van der Waals surface area contributed by atoms with Gasteiger partial charge in [-0.05, 0) is 98.8 Å². The molecule has 0 unspecified atom stereocenters. The summed E-state index contributed by atoms with van der Waals surface area (Å²) in [4.78, 5) is 12.2. The monoisotopic (exact) mass is 576 g/mol. The van der Waals surface area contributed by atoms with Gasteiger partial charge in [-0.3, -0.25) is 0 Å². The maximum atomic E-state index is 12.0. The average Bonchev–Trinajstić information content (AvgIpc) is 2.91. The molecule has 0 aliphatic heterocycles. The Bertz CT molecular complexity index is 1600. The van der Waals surface area contributed by atoms with Crippen LogP contribution < -0.4 is 14.2 Å². The molecule has 0 aliphatic rings. The highest BCUT2D eigenvalue weighted by atomic mass is 32.2. The minimum Gasteiger partial charge on any atom is -0.494 e. The van der Waals surface area contributed by atoms with Gasteiger partial charge in [-0.2, -0.15) is 0 Å². The van der Waals surface area contributed by atoms with Gasteiger partial charge in [-0.1, -0.05) is 31.5 Å². The number of benzene rings is 4. The maximum absolute atomic E-state index is 12.0. The van der Waals surface area contributed by atoms with Crippen molar-refractivity contribution in [1.29, 1.82) is 0 Å². The summed E-state index contributed by atoms with van der Waals surface area (Å²) in [5.74, 6) is 2.04. The van der Waals surface area contributed by atoms with E-state index in [1.807, 2.05) is 30.3 Å². The number of hydrogen-bond donors (Lipinski definition) is 0. The lowest BCUT2D eigenvalue weighted by Crippen LogP contribution is -2.27. The first-order chi connectivity index (χ1) is 19.4. The molecular formula is C33H36O7S. The van der Waals surface area contributed by atoms with E-state index in [0.29, 0.717) is 23.9 Å². The summed E-state index contributed by atoms with van der Waals surface area (Å²) in [7, 11) is -3.32. The van der Waals surface area contributed by atoms with Crippen molar-refractivity contribution in [2.45, 2.75) is 51.0 Å². The van der Waals surface area contributed by atoms with Crippen LogP contribution in [0.4, 0.5) is 0 Å².